The first kappa shape index (κ1) is 52.4. The molecular formula is C58H65F2N9O7. The largest absolute Gasteiger partial charge is 0.508 e. The molecule has 0 aliphatic carbocycles. The van der Waals surface area contributed by atoms with E-state index in [4.69, 9.17) is 20.9 Å². The second-order valence-electron chi connectivity index (χ2n) is 21.5. The molecule has 0 spiro atoms. The number of fused-ring (bicyclic) bond motifs is 5. The van der Waals surface area contributed by atoms with Crippen LogP contribution in [0.25, 0.3) is 32.9 Å². The molecule has 16 nitrogen and oxygen atoms in total. The van der Waals surface area contributed by atoms with Crippen molar-refractivity contribution in [1.82, 2.24) is 40.3 Å². The molecule has 8 heterocycles. The Bertz CT molecular complexity index is 3110. The number of aromatic hydroxyl groups is 1. The minimum atomic E-state index is -0.733. The number of terminal acetylenes is 1. The van der Waals surface area contributed by atoms with Crippen molar-refractivity contribution in [2.45, 2.75) is 114 Å². The van der Waals surface area contributed by atoms with Crippen LogP contribution in [-0.4, -0.2) is 142 Å². The van der Waals surface area contributed by atoms with Gasteiger partial charge in [-0.25, -0.2) is 8.78 Å². The number of likely N-dealkylation sites (tertiary alicyclic amines) is 1. The van der Waals surface area contributed by atoms with Crippen LogP contribution in [0.4, 0.5) is 14.6 Å². The number of piperazine rings is 1. The standard InChI is InChI=1S/C36H36F2N6O3.C22H29N3O4/c1-4-26-29(37)8-5-21-11-25(45)12-27(30(21)26)32-31(38)33-28(14-39-32)34(43-16-22-6-7-23(17-43)40-22)42-35(41-33)47-19-36-10-9-24(18-46-3)44(36)15-20(2)13-36;1-16-18(6-5-17-9-11-24(14-26)12-10-17)3-2-4-19(16)13-25(15-27)20-7-8-21(28)23-22(20)29/h1,5,8,11-12,14,22-24,40,45H,2,6-7,9-10,13,15-19H2,3H3;2-4,14-15,17,20H,5-13H2,1H3,(H,23,28,29). The number of hydrogen-bond donors (Lipinski definition) is 3. The van der Waals surface area contributed by atoms with Crippen LogP contribution in [0.3, 0.4) is 0 Å². The van der Waals surface area contributed by atoms with E-state index in [0.717, 1.165) is 101 Å². The van der Waals surface area contributed by atoms with E-state index in [-0.39, 0.29) is 63.4 Å². The normalized spacial score (nSPS) is 23.5. The molecule has 18 heteroatoms. The first-order chi connectivity index (χ1) is 36.8. The Morgan fingerprint density at radius 2 is 1.80 bits per heavy atom. The number of phenols is 1. The molecule has 3 aromatic carbocycles. The summed E-state index contributed by atoms with van der Waals surface area (Å²) < 4.78 is 43.7. The number of nitrogens with one attached hydrogen (secondary N) is 2. The molecule has 6 fully saturated rings. The fourth-order valence-corrected chi connectivity index (χ4v) is 12.7. The molecule has 11 rings (SSSR count). The summed E-state index contributed by atoms with van der Waals surface area (Å²) in [6.07, 6.45) is 18.5. The average molecular weight is 1040 g/mol. The van der Waals surface area contributed by atoms with Crippen LogP contribution in [0.2, 0.25) is 0 Å². The second kappa shape index (κ2) is 22.3. The van der Waals surface area contributed by atoms with Gasteiger partial charge in [0, 0.05) is 88.1 Å². The summed E-state index contributed by atoms with van der Waals surface area (Å²) in [6, 6.07) is 12.0. The van der Waals surface area contributed by atoms with Crippen molar-refractivity contribution >= 4 is 52.1 Å². The molecule has 398 valence electrons. The van der Waals surface area contributed by atoms with E-state index in [1.807, 2.05) is 17.0 Å². The number of imide groups is 1. The Morgan fingerprint density at radius 3 is 2.53 bits per heavy atom. The van der Waals surface area contributed by atoms with Gasteiger partial charge in [0.05, 0.1) is 23.1 Å². The minimum Gasteiger partial charge on any atom is -0.508 e. The number of methoxy groups -OCH3 is 1. The van der Waals surface area contributed by atoms with Crippen LogP contribution >= 0.6 is 0 Å². The number of pyridine rings is 1. The number of carbonyl (C=O) groups is 4. The van der Waals surface area contributed by atoms with Crippen molar-refractivity contribution < 1.29 is 42.5 Å². The number of aryl methyl sites for hydroxylation is 1. The van der Waals surface area contributed by atoms with E-state index in [0.29, 0.717) is 80.3 Å². The Balaban J connectivity index is 0.000000195. The fourth-order valence-electron chi connectivity index (χ4n) is 12.7. The zero-order valence-electron chi connectivity index (χ0n) is 43.2. The molecule has 76 heavy (non-hydrogen) atoms. The van der Waals surface area contributed by atoms with E-state index in [2.05, 4.69) is 55.9 Å². The minimum absolute atomic E-state index is 0.0323. The zero-order valence-corrected chi connectivity index (χ0v) is 43.2. The summed E-state index contributed by atoms with van der Waals surface area (Å²) in [4.78, 5) is 68.0. The highest BCUT2D eigenvalue weighted by Crippen LogP contribution is 2.45. The first-order valence-electron chi connectivity index (χ1n) is 26.4. The van der Waals surface area contributed by atoms with Gasteiger partial charge in [0.25, 0.3) is 0 Å². The maximum absolute atomic E-state index is 16.9. The predicted octanol–water partition coefficient (Wildman–Crippen LogP) is 6.50. The topological polar surface area (TPSA) is 183 Å². The van der Waals surface area contributed by atoms with Crippen LogP contribution in [0.15, 0.2) is 60.8 Å². The van der Waals surface area contributed by atoms with Gasteiger partial charge in [-0.2, -0.15) is 9.97 Å². The number of halogens is 2. The lowest BCUT2D eigenvalue weighted by Gasteiger charge is -2.35. The lowest BCUT2D eigenvalue weighted by molar-refractivity contribution is -0.141. The van der Waals surface area contributed by atoms with Crippen LogP contribution in [0, 0.1) is 36.8 Å². The van der Waals surface area contributed by atoms with Crippen LogP contribution < -0.4 is 20.3 Å². The molecule has 6 saturated heterocycles. The second-order valence-corrected chi connectivity index (χ2v) is 21.5. The summed E-state index contributed by atoms with van der Waals surface area (Å²) in [5.41, 5.74) is 4.38. The smallest absolute Gasteiger partial charge is 0.319 e. The first-order valence-corrected chi connectivity index (χ1v) is 26.4. The van der Waals surface area contributed by atoms with Gasteiger partial charge in [-0.1, -0.05) is 42.3 Å². The molecule has 2 aromatic heterocycles. The SMILES string of the molecule is C#Cc1c(F)ccc2cc(O)cc(-c3ncc4c(N5CC6CCC(C5)N6)nc(OCC56CCC(COC)N5CC(=C)C6)nc4c3F)c12.Cc1c(CCC2CCN(C=O)CC2)cccc1CN(C=O)C1CCC(=O)NC1=O. The number of ether oxygens (including phenoxy) is 2. The van der Waals surface area contributed by atoms with Crippen molar-refractivity contribution in [1.29, 1.82) is 0 Å². The Hall–Kier alpha value is -7.07. The maximum atomic E-state index is 16.9. The Kier molecular flexibility index (Phi) is 15.3. The van der Waals surface area contributed by atoms with Gasteiger partial charge in [-0.15, -0.1) is 6.42 Å². The number of carbonyl (C=O) groups excluding carboxylic acids is 4. The van der Waals surface area contributed by atoms with Crippen molar-refractivity contribution in [2.24, 2.45) is 5.92 Å². The fraction of sp³-hybridized carbons (Fsp3) is 0.466. The molecule has 0 saturated carbocycles. The summed E-state index contributed by atoms with van der Waals surface area (Å²) >= 11 is 0. The van der Waals surface area contributed by atoms with Gasteiger partial charge in [0.15, 0.2) is 5.82 Å². The summed E-state index contributed by atoms with van der Waals surface area (Å²) in [6.45, 7) is 11.5. The predicted molar refractivity (Wildman–Crippen MR) is 283 cm³/mol. The molecule has 4 amide bonds. The number of aromatic nitrogens is 3. The lowest BCUT2D eigenvalue weighted by atomic mass is 9.89. The third-order valence-corrected chi connectivity index (χ3v) is 16.7. The van der Waals surface area contributed by atoms with E-state index < -0.39 is 23.6 Å². The molecule has 5 unspecified atom stereocenters. The lowest BCUT2D eigenvalue weighted by Crippen LogP contribution is -2.51. The van der Waals surface area contributed by atoms with Crippen molar-refractivity contribution in [3.8, 4) is 35.4 Å². The van der Waals surface area contributed by atoms with E-state index in [9.17, 15) is 28.7 Å². The number of hydrogen-bond acceptors (Lipinski definition) is 13. The van der Waals surface area contributed by atoms with E-state index in [1.54, 1.807) is 13.3 Å². The van der Waals surface area contributed by atoms with Gasteiger partial charge in [-0.05, 0) is 117 Å². The van der Waals surface area contributed by atoms with Crippen molar-refractivity contribution in [3.63, 3.8) is 0 Å². The summed E-state index contributed by atoms with van der Waals surface area (Å²) in [5.74, 6) is 1.42. The zero-order chi connectivity index (χ0) is 53.3. The number of phenolic OH excluding ortho intramolecular Hbond substituents is 1. The number of piperidine rings is 2. The Labute approximate surface area is 441 Å². The Morgan fingerprint density at radius 1 is 1.03 bits per heavy atom. The highest BCUT2D eigenvalue weighted by Gasteiger charge is 2.51. The van der Waals surface area contributed by atoms with E-state index in [1.165, 1.54) is 34.7 Å². The van der Waals surface area contributed by atoms with Crippen LogP contribution in [0.1, 0.15) is 86.5 Å². The van der Waals surface area contributed by atoms with Crippen molar-refractivity contribution in [2.75, 3.05) is 57.9 Å². The van der Waals surface area contributed by atoms with E-state index >= 15 is 4.39 Å². The van der Waals surface area contributed by atoms with Gasteiger partial charge in [0.2, 0.25) is 24.6 Å². The highest BCUT2D eigenvalue weighted by atomic mass is 19.1. The third kappa shape index (κ3) is 10.6. The van der Waals surface area contributed by atoms with Gasteiger partial charge in [0.1, 0.15) is 41.2 Å². The summed E-state index contributed by atoms with van der Waals surface area (Å²) in [5, 5.41) is 17.7. The molecule has 0 radical (unpaired) electrons. The van der Waals surface area contributed by atoms with Crippen LogP contribution in [0.5, 0.6) is 11.8 Å². The average Bonchev–Trinajstić information content (AvgIpc) is 4.06. The quantitative estimate of drug-likeness (QED) is 0.0448. The summed E-state index contributed by atoms with van der Waals surface area (Å²) in [7, 11) is 1.72. The third-order valence-electron chi connectivity index (χ3n) is 16.7. The number of anilines is 1. The maximum Gasteiger partial charge on any atom is 0.319 e. The van der Waals surface area contributed by atoms with Gasteiger partial charge in [-0.3, -0.25) is 34.4 Å². The number of amides is 4. The molecule has 3 N–H and O–H groups in total. The monoisotopic (exact) mass is 1040 g/mol. The number of rotatable bonds is 15. The van der Waals surface area contributed by atoms with Gasteiger partial charge >= 0.3 is 6.01 Å². The highest BCUT2D eigenvalue weighted by molar-refractivity contribution is 6.03. The molecule has 6 aliphatic rings. The molecule has 5 atom stereocenters. The molecule has 2 bridgehead atoms. The molecule has 5 aromatic rings. The van der Waals surface area contributed by atoms with Gasteiger partial charge < -0.3 is 34.6 Å². The van der Waals surface area contributed by atoms with Crippen molar-refractivity contribution in [3.05, 3.63) is 94.7 Å². The van der Waals surface area contributed by atoms with Crippen LogP contribution in [-0.2, 0) is 36.9 Å². The molecule has 6 aliphatic heterocycles. The number of nitrogens with zero attached hydrogens (tertiary/aromatic N) is 7. The number of benzene rings is 3. The molecular weight excluding hydrogens is 973 g/mol.